The highest BCUT2D eigenvalue weighted by molar-refractivity contribution is 5.68. The van der Waals surface area contributed by atoms with Crippen LogP contribution in [0.5, 0.6) is 0 Å². The van der Waals surface area contributed by atoms with E-state index in [1.54, 1.807) is 0 Å². The number of fused-ring (bicyclic) bond motifs is 5. The molecule has 0 spiro atoms. The molecule has 3 rings (SSSR count). The maximum absolute atomic E-state index is 12.1. The van der Waals surface area contributed by atoms with Gasteiger partial charge in [0.2, 0.25) is 0 Å². The lowest BCUT2D eigenvalue weighted by Gasteiger charge is -2.47. The van der Waals surface area contributed by atoms with Gasteiger partial charge < -0.3 is 18.9 Å². The lowest BCUT2D eigenvalue weighted by Crippen LogP contribution is -2.54. The van der Waals surface area contributed by atoms with Crippen LogP contribution < -0.4 is 0 Å². The molecule has 2 heterocycles. The van der Waals surface area contributed by atoms with Crippen molar-refractivity contribution in [2.45, 2.75) is 104 Å². The Labute approximate surface area is 196 Å². The summed E-state index contributed by atoms with van der Waals surface area (Å²) in [5.74, 6) is -0.810. The van der Waals surface area contributed by atoms with E-state index in [4.69, 9.17) is 18.9 Å². The van der Waals surface area contributed by atoms with Crippen molar-refractivity contribution >= 4 is 17.9 Å². The maximum Gasteiger partial charge on any atom is 0.307 e. The molecule has 2 aliphatic heterocycles. The molecule has 7 heteroatoms. The van der Waals surface area contributed by atoms with Crippen LogP contribution in [0.25, 0.3) is 0 Å². The fraction of sp³-hybridized carbons (Fsp3) is 0.731. The summed E-state index contributed by atoms with van der Waals surface area (Å²) < 4.78 is 24.2. The van der Waals surface area contributed by atoms with Crippen LogP contribution in [0.3, 0.4) is 0 Å². The second-order valence-corrected chi connectivity index (χ2v) is 10.6. The van der Waals surface area contributed by atoms with Gasteiger partial charge in [0, 0.05) is 44.9 Å². The second-order valence-electron chi connectivity index (χ2n) is 10.6. The Bertz CT molecular complexity index is 883. The highest BCUT2D eigenvalue weighted by Crippen LogP contribution is 2.56. The van der Waals surface area contributed by atoms with Crippen molar-refractivity contribution in [1.29, 1.82) is 0 Å². The number of hydrogen-bond donors (Lipinski definition) is 0. The molecule has 2 bridgehead atoms. The lowest BCUT2D eigenvalue weighted by molar-refractivity contribution is -0.184. The average molecular weight is 463 g/mol. The predicted octanol–water partition coefficient (Wildman–Crippen LogP) is 4.64. The Hall–Kier alpha value is -2.15. The molecule has 7 nitrogen and oxygen atoms in total. The molecule has 0 saturated carbocycles. The zero-order valence-corrected chi connectivity index (χ0v) is 21.2. The molecule has 1 aliphatic carbocycles. The fourth-order valence-corrected chi connectivity index (χ4v) is 6.27. The number of ether oxygens (including phenoxy) is 4. The van der Waals surface area contributed by atoms with Crippen molar-refractivity contribution in [3.8, 4) is 0 Å². The van der Waals surface area contributed by atoms with E-state index in [9.17, 15) is 14.4 Å². The minimum Gasteiger partial charge on any atom is -0.460 e. The van der Waals surface area contributed by atoms with Crippen LogP contribution in [-0.2, 0) is 33.3 Å². The van der Waals surface area contributed by atoms with Crippen LogP contribution >= 0.6 is 0 Å². The molecule has 6 unspecified atom stereocenters. The molecule has 3 aliphatic rings. The topological polar surface area (TPSA) is 88.1 Å². The molecule has 1 saturated heterocycles. The van der Waals surface area contributed by atoms with Gasteiger partial charge in [0.1, 0.15) is 23.1 Å². The first kappa shape index (κ1) is 25.5. The highest BCUT2D eigenvalue weighted by Gasteiger charge is 2.61. The van der Waals surface area contributed by atoms with Crippen LogP contribution in [-0.4, -0.2) is 41.3 Å². The first-order chi connectivity index (χ1) is 15.2. The summed E-state index contributed by atoms with van der Waals surface area (Å²) in [7, 11) is 0. The molecule has 0 aromatic rings. The van der Waals surface area contributed by atoms with Crippen LogP contribution in [0.15, 0.2) is 23.0 Å². The summed E-state index contributed by atoms with van der Waals surface area (Å²) in [5, 5.41) is 0. The third-order valence-electron chi connectivity index (χ3n) is 7.50. The molecular formula is C26H38O7. The van der Waals surface area contributed by atoms with E-state index >= 15 is 0 Å². The summed E-state index contributed by atoms with van der Waals surface area (Å²) in [6, 6.07) is 0. The first-order valence-corrected chi connectivity index (χ1v) is 11.8. The van der Waals surface area contributed by atoms with Gasteiger partial charge >= 0.3 is 17.9 Å². The fourth-order valence-electron chi connectivity index (χ4n) is 6.27. The van der Waals surface area contributed by atoms with Gasteiger partial charge in [0.25, 0.3) is 0 Å². The van der Waals surface area contributed by atoms with Crippen LogP contribution in [0, 0.1) is 17.8 Å². The van der Waals surface area contributed by atoms with Crippen molar-refractivity contribution in [3.63, 3.8) is 0 Å². The normalized spacial score (nSPS) is 34.3. The number of carbonyl (C=O) groups excluding carboxylic acids is 3. The molecule has 33 heavy (non-hydrogen) atoms. The smallest absolute Gasteiger partial charge is 0.307 e. The quantitative estimate of drug-likeness (QED) is 0.342. The first-order valence-electron chi connectivity index (χ1n) is 11.8. The van der Waals surface area contributed by atoms with Crippen molar-refractivity contribution in [1.82, 2.24) is 0 Å². The summed E-state index contributed by atoms with van der Waals surface area (Å²) in [6.45, 7) is 14.0. The van der Waals surface area contributed by atoms with E-state index in [0.717, 1.165) is 18.4 Å². The zero-order chi connectivity index (χ0) is 24.7. The van der Waals surface area contributed by atoms with E-state index in [2.05, 4.69) is 13.0 Å². The van der Waals surface area contributed by atoms with Crippen molar-refractivity contribution in [2.24, 2.45) is 17.8 Å². The van der Waals surface area contributed by atoms with Gasteiger partial charge in [-0.15, -0.1) is 0 Å². The highest BCUT2D eigenvalue weighted by atomic mass is 16.6. The second kappa shape index (κ2) is 9.24. The van der Waals surface area contributed by atoms with Crippen LogP contribution in [0.4, 0.5) is 0 Å². The standard InChI is InChI=1S/C26H38O7/c1-14-10-9-11-26(8,33-18(5)29)24-23-19(25(6,7)32-17(4)28)13-20(30-16(3)27)15(2)22(23)21(12-14)31-24/h10,19,21-24H,9,11-13H2,1-8H3. The predicted molar refractivity (Wildman–Crippen MR) is 122 cm³/mol. The lowest BCUT2D eigenvalue weighted by atomic mass is 9.61. The van der Waals surface area contributed by atoms with Gasteiger partial charge in [0.15, 0.2) is 0 Å². The average Bonchev–Trinajstić information content (AvgIpc) is 3.03. The minimum atomic E-state index is -0.844. The summed E-state index contributed by atoms with van der Waals surface area (Å²) >= 11 is 0. The minimum absolute atomic E-state index is 0.0609. The van der Waals surface area contributed by atoms with E-state index in [1.165, 1.54) is 26.3 Å². The van der Waals surface area contributed by atoms with Gasteiger partial charge in [-0.3, -0.25) is 14.4 Å². The number of hydrogen-bond acceptors (Lipinski definition) is 7. The maximum atomic E-state index is 12.1. The molecule has 0 aromatic carbocycles. The Morgan fingerprint density at radius 3 is 2.30 bits per heavy atom. The molecule has 6 atom stereocenters. The summed E-state index contributed by atoms with van der Waals surface area (Å²) in [4.78, 5) is 36.0. The van der Waals surface area contributed by atoms with E-state index in [0.29, 0.717) is 18.6 Å². The van der Waals surface area contributed by atoms with Crippen LogP contribution in [0.1, 0.15) is 81.1 Å². The zero-order valence-electron chi connectivity index (χ0n) is 21.2. The summed E-state index contributed by atoms with van der Waals surface area (Å²) in [5.41, 5.74) is 0.517. The van der Waals surface area contributed by atoms with Gasteiger partial charge in [-0.25, -0.2) is 0 Å². The van der Waals surface area contributed by atoms with Crippen molar-refractivity contribution in [2.75, 3.05) is 0 Å². The van der Waals surface area contributed by atoms with Crippen LogP contribution in [0.2, 0.25) is 0 Å². The molecular weight excluding hydrogens is 424 g/mol. The number of rotatable bonds is 4. The largest absolute Gasteiger partial charge is 0.460 e. The Morgan fingerprint density at radius 1 is 1.06 bits per heavy atom. The van der Waals surface area contributed by atoms with Crippen molar-refractivity contribution < 1.29 is 33.3 Å². The SMILES string of the molecule is CC(=O)OC1=C(C)C2C3CC(C)=CCCC(C)(OC(C)=O)C(O3)C2C(C(C)(C)OC(C)=O)C1. The number of allylic oxidation sites excluding steroid dienone is 2. The monoisotopic (exact) mass is 462 g/mol. The van der Waals surface area contributed by atoms with Gasteiger partial charge in [0.05, 0.1) is 6.10 Å². The molecule has 0 aromatic heterocycles. The molecule has 1 fully saturated rings. The van der Waals surface area contributed by atoms with Crippen molar-refractivity contribution in [3.05, 3.63) is 23.0 Å². The third-order valence-corrected chi connectivity index (χ3v) is 7.50. The Kier molecular flexibility index (Phi) is 7.13. The molecule has 184 valence electrons. The van der Waals surface area contributed by atoms with Gasteiger partial charge in [-0.1, -0.05) is 11.6 Å². The molecule has 0 amide bonds. The summed E-state index contributed by atoms with van der Waals surface area (Å²) in [6.07, 6.45) is 4.23. The van der Waals surface area contributed by atoms with Gasteiger partial charge in [-0.05, 0) is 59.5 Å². The number of carbonyl (C=O) groups is 3. The number of esters is 3. The molecule has 0 radical (unpaired) electrons. The Balaban J connectivity index is 2.18. The van der Waals surface area contributed by atoms with Gasteiger partial charge in [-0.2, -0.15) is 0 Å². The molecule has 0 N–H and O–H groups in total. The van der Waals surface area contributed by atoms with E-state index in [-0.39, 0.29) is 47.9 Å². The van der Waals surface area contributed by atoms with E-state index in [1.807, 2.05) is 27.7 Å². The Morgan fingerprint density at radius 2 is 1.73 bits per heavy atom. The van der Waals surface area contributed by atoms with E-state index < -0.39 is 11.2 Å². The third kappa shape index (κ3) is 5.18.